The Balaban J connectivity index is 0.00000348. The van der Waals surface area contributed by atoms with Crippen LogP contribution in [0, 0.1) is 13.0 Å². The molecular formula is C45H50N2Na2O6S. The number of fused-ring (bicyclic) bond motifs is 2. The van der Waals surface area contributed by atoms with Crippen LogP contribution < -0.4 is 68.8 Å². The quantitative estimate of drug-likeness (QED) is 0.109. The Kier molecular flexibility index (Phi) is 16.3. The smallest absolute Gasteiger partial charge is 0.748 e. The number of ether oxygens (including phenoxy) is 1. The fourth-order valence-corrected chi connectivity index (χ4v) is 8.80. The van der Waals surface area contributed by atoms with Crippen molar-refractivity contribution in [3.05, 3.63) is 144 Å². The number of hydrogen-bond acceptors (Lipinski definition) is 6. The van der Waals surface area contributed by atoms with Crippen molar-refractivity contribution in [2.75, 3.05) is 23.7 Å². The van der Waals surface area contributed by atoms with Gasteiger partial charge in [0.2, 0.25) is 5.69 Å². The molecule has 0 amide bonds. The van der Waals surface area contributed by atoms with E-state index in [0.717, 1.165) is 71.1 Å². The van der Waals surface area contributed by atoms with Crippen LogP contribution in [0.1, 0.15) is 83.3 Å². The Hall–Kier alpha value is -2.73. The predicted molar refractivity (Wildman–Crippen MR) is 213 cm³/mol. The van der Waals surface area contributed by atoms with Gasteiger partial charge in [-0.15, -0.1) is 12.1 Å². The largest absolute Gasteiger partial charge is 1.00 e. The van der Waals surface area contributed by atoms with Crippen LogP contribution in [0.4, 0.5) is 11.4 Å². The molecule has 6 rings (SSSR count). The van der Waals surface area contributed by atoms with E-state index in [0.29, 0.717) is 31.6 Å². The number of carboxylic acid groups (broad SMARTS) is 1. The Labute approximate surface area is 377 Å². The maximum Gasteiger partial charge on any atom is 1.00 e. The number of carbonyl (C=O) groups is 1. The predicted octanol–water partition coefficient (Wildman–Crippen LogP) is 2.95. The van der Waals surface area contributed by atoms with Crippen LogP contribution in [0.5, 0.6) is 5.75 Å². The van der Waals surface area contributed by atoms with Gasteiger partial charge in [-0.05, 0) is 94.3 Å². The molecule has 3 aromatic carbocycles. The van der Waals surface area contributed by atoms with Crippen molar-refractivity contribution in [3.8, 4) is 5.75 Å². The van der Waals surface area contributed by atoms with Crippen LogP contribution in [-0.2, 0) is 25.7 Å². The zero-order chi connectivity index (χ0) is 38.5. The molecule has 2 aliphatic heterocycles. The van der Waals surface area contributed by atoms with E-state index in [1.54, 1.807) is 0 Å². The molecule has 0 saturated heterocycles. The number of carboxylic acids is 1. The number of para-hydroxylation sites is 2. The van der Waals surface area contributed by atoms with E-state index in [2.05, 4.69) is 97.9 Å². The zero-order valence-electron chi connectivity index (χ0n) is 33.5. The van der Waals surface area contributed by atoms with Crippen molar-refractivity contribution < 1.29 is 91.3 Å². The molecule has 1 aliphatic carbocycles. The number of aliphatic carboxylic acids is 1. The number of nitrogens with zero attached hydrogens (tertiary/aromatic N) is 2. The molecule has 3 aliphatic rings. The Bertz CT molecular complexity index is 2160. The monoisotopic (exact) mass is 792 g/mol. The van der Waals surface area contributed by atoms with Gasteiger partial charge in [0, 0.05) is 58.8 Å². The number of rotatable bonds is 15. The van der Waals surface area contributed by atoms with Gasteiger partial charge in [-0.3, -0.25) is 4.79 Å². The molecule has 0 aromatic heterocycles. The fraction of sp³-hybridized carbons (Fsp3) is 0.356. The van der Waals surface area contributed by atoms with Gasteiger partial charge in [0.25, 0.3) is 0 Å². The first-order valence-electron chi connectivity index (χ1n) is 18.9. The normalized spacial score (nSPS) is 20.3. The topological polar surface area (TPSA) is 110 Å². The zero-order valence-corrected chi connectivity index (χ0v) is 38.3. The first-order chi connectivity index (χ1) is 25.8. The maximum atomic E-state index is 11.5. The molecule has 3 aromatic rings. The second-order valence-corrected chi connectivity index (χ2v) is 16.5. The van der Waals surface area contributed by atoms with Crippen molar-refractivity contribution in [1.82, 2.24) is 0 Å². The number of anilines is 1. The van der Waals surface area contributed by atoms with Crippen molar-refractivity contribution in [1.29, 1.82) is 0 Å². The summed E-state index contributed by atoms with van der Waals surface area (Å²) in [5, 5.41) is 9.48. The average molecular weight is 793 g/mol. The maximum absolute atomic E-state index is 11.5. The van der Waals surface area contributed by atoms with Crippen LogP contribution >= 0.6 is 0 Å². The minimum Gasteiger partial charge on any atom is -0.748 e. The summed E-state index contributed by atoms with van der Waals surface area (Å²) < 4.78 is 43.4. The summed E-state index contributed by atoms with van der Waals surface area (Å²) in [5.41, 5.74) is 8.01. The van der Waals surface area contributed by atoms with Gasteiger partial charge in [-0.2, -0.15) is 29.2 Å². The van der Waals surface area contributed by atoms with E-state index in [9.17, 15) is 22.9 Å². The molecular weight excluding hydrogens is 743 g/mol. The Morgan fingerprint density at radius 1 is 0.982 bits per heavy atom. The van der Waals surface area contributed by atoms with Crippen LogP contribution in [0.15, 0.2) is 120 Å². The molecule has 0 spiro atoms. The minimum atomic E-state index is -4.33. The van der Waals surface area contributed by atoms with Gasteiger partial charge in [0.1, 0.15) is 12.3 Å². The van der Waals surface area contributed by atoms with Gasteiger partial charge in [0.15, 0.2) is 5.71 Å². The van der Waals surface area contributed by atoms with Gasteiger partial charge >= 0.3 is 65.1 Å². The van der Waals surface area contributed by atoms with Crippen molar-refractivity contribution in [3.63, 3.8) is 0 Å². The van der Waals surface area contributed by atoms with E-state index in [1.165, 1.54) is 5.56 Å². The van der Waals surface area contributed by atoms with Crippen LogP contribution in [-0.4, -0.2) is 53.2 Å². The van der Waals surface area contributed by atoms with Crippen LogP contribution in [0.25, 0.3) is 0 Å². The molecule has 0 bridgehead atoms. The molecule has 284 valence electrons. The molecule has 1 unspecified atom stereocenters. The SMILES string of the molecule is [CH2-]CCN1/C(=C/C=C2\CCCC(/C=C/C3=[N+](CCCS(=O)(=O)[O-])c4ccccc4C3(C)C)=C2Oc2cc[c-]cc2)C(C)(CCCC(=O)O)c2ccccc21.[Na+].[Na+]. The summed E-state index contributed by atoms with van der Waals surface area (Å²) in [6.45, 7) is 11.9. The van der Waals surface area contributed by atoms with Crippen molar-refractivity contribution >= 4 is 33.2 Å². The Morgan fingerprint density at radius 3 is 2.38 bits per heavy atom. The summed E-state index contributed by atoms with van der Waals surface area (Å²) in [4.78, 5) is 13.9. The third-order valence-electron chi connectivity index (χ3n) is 10.9. The first kappa shape index (κ1) is 46.0. The molecule has 1 N–H and O–H groups in total. The standard InChI is InChI=1S/C45H51N2O6S.2Na/c1-5-30-46-39-23-12-10-21-37(39)45(4,29-14-24-42(48)49)41(46)28-26-34-17-13-16-33(43(34)53-35-18-7-6-8-19-35)25-27-40-44(2,3)36-20-9-11-22-38(36)47(40)31-15-32-54(50,51)52;;/h7-12,18-23,25-28H,1,5,13-17,24,29-32H2,2-4H3,(H,48,49)(H,50,51,52);;/q-1;2*+1/p-1. The minimum absolute atomic E-state index is 0. The third kappa shape index (κ3) is 10.3. The van der Waals surface area contributed by atoms with E-state index in [-0.39, 0.29) is 82.8 Å². The molecule has 0 saturated carbocycles. The van der Waals surface area contributed by atoms with Crippen LogP contribution in [0.2, 0.25) is 0 Å². The molecule has 2 heterocycles. The van der Waals surface area contributed by atoms with Gasteiger partial charge in [-0.1, -0.05) is 42.5 Å². The summed E-state index contributed by atoms with van der Waals surface area (Å²) in [6.07, 6.45) is 13.5. The summed E-state index contributed by atoms with van der Waals surface area (Å²) in [7, 11) is -4.33. The van der Waals surface area contributed by atoms with Crippen LogP contribution in [0.3, 0.4) is 0 Å². The second kappa shape index (κ2) is 19.8. The summed E-state index contributed by atoms with van der Waals surface area (Å²) >= 11 is 0. The van der Waals surface area contributed by atoms with E-state index < -0.39 is 21.8 Å². The average Bonchev–Trinajstić information content (AvgIpc) is 3.50. The number of hydrogen-bond donors (Lipinski definition) is 1. The van der Waals surface area contributed by atoms with Crippen molar-refractivity contribution in [2.24, 2.45) is 0 Å². The number of benzene rings is 3. The first-order valence-corrected chi connectivity index (χ1v) is 20.4. The summed E-state index contributed by atoms with van der Waals surface area (Å²) in [6, 6.07) is 27.1. The third-order valence-corrected chi connectivity index (χ3v) is 11.7. The van der Waals surface area contributed by atoms with E-state index >= 15 is 0 Å². The van der Waals surface area contributed by atoms with Gasteiger partial charge < -0.3 is 26.2 Å². The molecule has 0 fully saturated rings. The summed E-state index contributed by atoms with van der Waals surface area (Å²) in [5.74, 6) is 0.301. The molecule has 0 radical (unpaired) electrons. The van der Waals surface area contributed by atoms with E-state index in [4.69, 9.17) is 4.74 Å². The molecule has 8 nitrogen and oxygen atoms in total. The van der Waals surface area contributed by atoms with E-state index in [1.807, 2.05) is 42.5 Å². The molecule has 1 atom stereocenters. The van der Waals surface area contributed by atoms with Gasteiger partial charge in [-0.25, -0.2) is 8.42 Å². The molecule has 56 heavy (non-hydrogen) atoms. The fourth-order valence-electron chi connectivity index (χ4n) is 8.32. The van der Waals surface area contributed by atoms with Gasteiger partial charge in [0.05, 0.1) is 15.5 Å². The molecule has 11 heteroatoms. The Morgan fingerprint density at radius 2 is 1.68 bits per heavy atom. The number of allylic oxidation sites excluding steroid dienone is 7. The second-order valence-electron chi connectivity index (χ2n) is 15.0. The van der Waals surface area contributed by atoms with Crippen molar-refractivity contribution in [2.45, 2.75) is 83.0 Å².